The van der Waals surface area contributed by atoms with Crippen LogP contribution in [0.25, 0.3) is 22.3 Å². The second-order valence-corrected chi connectivity index (χ2v) is 6.24. The van der Waals surface area contributed by atoms with E-state index in [9.17, 15) is 5.26 Å². The summed E-state index contributed by atoms with van der Waals surface area (Å²) < 4.78 is 2.16. The number of nitriles is 1. The predicted molar refractivity (Wildman–Crippen MR) is 108 cm³/mol. The first-order valence-corrected chi connectivity index (χ1v) is 8.56. The first-order chi connectivity index (χ1) is 12.7. The molecule has 0 spiro atoms. The summed E-state index contributed by atoms with van der Waals surface area (Å²) in [5, 5.41) is 10.8. The normalized spacial score (nSPS) is 11.4. The average Bonchev–Trinajstić information content (AvgIpc) is 2.95. The molecule has 0 bridgehead atoms. The summed E-state index contributed by atoms with van der Waals surface area (Å²) in [4.78, 5) is 4.57. The summed E-state index contributed by atoms with van der Waals surface area (Å²) in [5.74, 6) is 0. The molecule has 2 heterocycles. The Labute approximate surface area is 154 Å². The van der Waals surface area contributed by atoms with Crippen LogP contribution in [0.3, 0.4) is 0 Å². The zero-order chi connectivity index (χ0) is 18.5. The fourth-order valence-electron chi connectivity index (χ4n) is 3.02. The Morgan fingerprint density at radius 1 is 1.12 bits per heavy atom. The summed E-state index contributed by atoms with van der Waals surface area (Å²) in [6.45, 7) is 8.41. The molecule has 2 aromatic heterocycles. The van der Waals surface area contributed by atoms with Gasteiger partial charge in [0, 0.05) is 18.1 Å². The Morgan fingerprint density at radius 3 is 2.62 bits per heavy atom. The van der Waals surface area contributed by atoms with Gasteiger partial charge in [-0.25, -0.2) is 0 Å². The Bertz CT molecular complexity index is 1040. The van der Waals surface area contributed by atoms with Crippen LogP contribution in [0, 0.1) is 25.2 Å². The van der Waals surface area contributed by atoms with E-state index in [2.05, 4.69) is 41.3 Å². The highest BCUT2D eigenvalue weighted by Gasteiger charge is 2.19. The molecule has 3 rings (SSSR count). The minimum Gasteiger partial charge on any atom is -0.334 e. The fraction of sp³-hybridized carbons (Fsp3) is 0.130. The van der Waals surface area contributed by atoms with E-state index in [-0.39, 0.29) is 0 Å². The Balaban J connectivity index is 2.22. The van der Waals surface area contributed by atoms with Crippen LogP contribution < -0.4 is 0 Å². The number of benzene rings is 1. The highest BCUT2D eigenvalue weighted by atomic mass is 15.0. The molecule has 0 aliphatic heterocycles. The van der Waals surface area contributed by atoms with E-state index in [1.54, 1.807) is 6.08 Å². The first kappa shape index (κ1) is 17.4. The van der Waals surface area contributed by atoms with Crippen LogP contribution in [0.2, 0.25) is 0 Å². The molecule has 3 heteroatoms. The minimum atomic E-state index is 0.661. The first-order valence-electron chi connectivity index (χ1n) is 8.56. The van der Waals surface area contributed by atoms with Gasteiger partial charge in [-0.2, -0.15) is 5.26 Å². The van der Waals surface area contributed by atoms with E-state index in [1.165, 1.54) is 5.56 Å². The molecule has 3 aromatic rings. The maximum atomic E-state index is 9.83. The summed E-state index contributed by atoms with van der Waals surface area (Å²) in [7, 11) is 0. The summed E-state index contributed by atoms with van der Waals surface area (Å²) in [6, 6.07) is 12.6. The van der Waals surface area contributed by atoms with Crippen molar-refractivity contribution in [2.24, 2.45) is 0 Å². The quantitative estimate of drug-likeness (QED) is 0.577. The molecule has 0 aliphatic rings. The fourth-order valence-corrected chi connectivity index (χ4v) is 3.02. The lowest BCUT2D eigenvalue weighted by Crippen LogP contribution is -2.00. The molecule has 0 aliphatic carbocycles. The monoisotopic (exact) mass is 339 g/mol. The van der Waals surface area contributed by atoms with E-state index < -0.39 is 0 Å². The van der Waals surface area contributed by atoms with Crippen molar-refractivity contribution >= 4 is 10.9 Å². The second kappa shape index (κ2) is 7.67. The summed E-state index contributed by atoms with van der Waals surface area (Å²) >= 11 is 0. The lowest BCUT2D eigenvalue weighted by atomic mass is 10.1. The van der Waals surface area contributed by atoms with Gasteiger partial charge in [-0.05, 0) is 37.1 Å². The van der Waals surface area contributed by atoms with Crippen LogP contribution >= 0.6 is 0 Å². The molecule has 0 amide bonds. The smallest absolute Gasteiger partial charge is 0.102 e. The second-order valence-electron chi connectivity index (χ2n) is 6.24. The maximum absolute atomic E-state index is 9.83. The minimum absolute atomic E-state index is 0.661. The molecular weight excluding hydrogens is 318 g/mol. The Hall–Kier alpha value is -3.38. The topological polar surface area (TPSA) is 41.6 Å². The van der Waals surface area contributed by atoms with Gasteiger partial charge in [-0.1, -0.05) is 55.2 Å². The van der Waals surface area contributed by atoms with Crippen LogP contribution in [0.5, 0.6) is 0 Å². The van der Waals surface area contributed by atoms with Crippen molar-refractivity contribution in [3.63, 3.8) is 0 Å². The van der Waals surface area contributed by atoms with Crippen molar-refractivity contribution in [2.75, 3.05) is 0 Å². The zero-order valence-corrected chi connectivity index (χ0v) is 15.1. The molecule has 0 fully saturated rings. The van der Waals surface area contributed by atoms with E-state index in [0.717, 1.165) is 27.9 Å². The highest BCUT2D eigenvalue weighted by molar-refractivity contribution is 5.94. The van der Waals surface area contributed by atoms with Crippen molar-refractivity contribution in [2.45, 2.75) is 20.4 Å². The molecule has 0 unspecified atom stereocenters. The maximum Gasteiger partial charge on any atom is 0.102 e. The number of hydrogen-bond acceptors (Lipinski definition) is 2. The van der Waals surface area contributed by atoms with Crippen molar-refractivity contribution in [1.29, 1.82) is 5.26 Å². The number of nitrogens with zero attached hydrogens (tertiary/aromatic N) is 3. The van der Waals surface area contributed by atoms with Gasteiger partial charge in [-0.15, -0.1) is 0 Å². The highest BCUT2D eigenvalue weighted by Crippen LogP contribution is 2.33. The third-order valence-corrected chi connectivity index (χ3v) is 4.27. The number of rotatable bonds is 5. The third kappa shape index (κ3) is 3.36. The largest absolute Gasteiger partial charge is 0.334 e. The van der Waals surface area contributed by atoms with Gasteiger partial charge >= 0.3 is 0 Å². The van der Waals surface area contributed by atoms with Crippen LogP contribution in [0.15, 0.2) is 73.5 Å². The van der Waals surface area contributed by atoms with Gasteiger partial charge in [0.1, 0.15) is 6.07 Å². The van der Waals surface area contributed by atoms with E-state index in [4.69, 9.17) is 0 Å². The number of hydrogen-bond donors (Lipinski definition) is 0. The Kier molecular flexibility index (Phi) is 5.15. The standard InChI is InChI=1S/C23H21N3/c1-4-5-6-7-8-13-26-22-14-17(2)9-11-19(22)20(15-24)23(26)21-12-10-18(3)16-25-21/h4-12,14,16H,1,13H2,2-3H3/b6-5-,8-7-. The lowest BCUT2D eigenvalue weighted by molar-refractivity contribution is 0.866. The van der Waals surface area contributed by atoms with Crippen molar-refractivity contribution in [3.8, 4) is 17.5 Å². The zero-order valence-electron chi connectivity index (χ0n) is 15.1. The van der Waals surface area contributed by atoms with Crippen LogP contribution in [-0.4, -0.2) is 9.55 Å². The molecule has 0 radical (unpaired) electrons. The lowest BCUT2D eigenvalue weighted by Gasteiger charge is -2.09. The number of pyridine rings is 1. The van der Waals surface area contributed by atoms with E-state index in [0.29, 0.717) is 12.1 Å². The van der Waals surface area contributed by atoms with E-state index >= 15 is 0 Å². The van der Waals surface area contributed by atoms with Gasteiger partial charge in [0.15, 0.2) is 0 Å². The predicted octanol–water partition coefficient (Wildman–Crippen LogP) is 5.49. The van der Waals surface area contributed by atoms with Crippen molar-refractivity contribution in [1.82, 2.24) is 9.55 Å². The SMILES string of the molecule is C=C/C=C\C=C/Cn1c(-c2ccc(C)cn2)c(C#N)c2ccc(C)cc21. The van der Waals surface area contributed by atoms with Gasteiger partial charge in [-0.3, -0.25) is 4.98 Å². The number of allylic oxidation sites excluding steroid dienone is 5. The number of fused-ring (bicyclic) bond motifs is 1. The number of aryl methyl sites for hydroxylation is 2. The number of aromatic nitrogens is 2. The van der Waals surface area contributed by atoms with Crippen LogP contribution in [0.1, 0.15) is 16.7 Å². The van der Waals surface area contributed by atoms with Crippen molar-refractivity contribution in [3.05, 3.63) is 90.2 Å². The summed E-state index contributed by atoms with van der Waals surface area (Å²) in [6.07, 6.45) is 11.5. The molecule has 26 heavy (non-hydrogen) atoms. The van der Waals surface area contributed by atoms with E-state index in [1.807, 2.05) is 55.6 Å². The van der Waals surface area contributed by atoms with Gasteiger partial charge in [0.25, 0.3) is 0 Å². The molecule has 128 valence electrons. The molecule has 0 saturated carbocycles. The molecule has 0 atom stereocenters. The molecule has 1 aromatic carbocycles. The van der Waals surface area contributed by atoms with Crippen LogP contribution in [-0.2, 0) is 6.54 Å². The molecular formula is C23H21N3. The van der Waals surface area contributed by atoms with Crippen LogP contribution in [0.4, 0.5) is 0 Å². The molecule has 0 N–H and O–H groups in total. The van der Waals surface area contributed by atoms with Gasteiger partial charge < -0.3 is 4.57 Å². The Morgan fingerprint density at radius 2 is 1.92 bits per heavy atom. The molecule has 0 saturated heterocycles. The van der Waals surface area contributed by atoms with Gasteiger partial charge in [0.2, 0.25) is 0 Å². The third-order valence-electron chi connectivity index (χ3n) is 4.27. The van der Waals surface area contributed by atoms with Crippen molar-refractivity contribution < 1.29 is 0 Å². The molecule has 3 nitrogen and oxygen atoms in total. The summed E-state index contributed by atoms with van der Waals surface area (Å²) in [5.41, 5.74) is 5.67. The average molecular weight is 339 g/mol. The van der Waals surface area contributed by atoms with Gasteiger partial charge in [0.05, 0.1) is 22.5 Å².